The lowest BCUT2D eigenvalue weighted by atomic mass is 10.1. The van der Waals surface area contributed by atoms with E-state index in [1.165, 1.54) is 30.7 Å². The molecule has 0 aromatic heterocycles. The second kappa shape index (κ2) is 8.00. The third-order valence-electron chi connectivity index (χ3n) is 4.41. The van der Waals surface area contributed by atoms with Gasteiger partial charge in [-0.2, -0.15) is 0 Å². The summed E-state index contributed by atoms with van der Waals surface area (Å²) < 4.78 is 42.0. The Hall–Kier alpha value is -2.65. The van der Waals surface area contributed by atoms with E-state index in [2.05, 4.69) is 5.32 Å². The monoisotopic (exact) mass is 440 g/mol. The number of sulfonamides is 1. The maximum absolute atomic E-state index is 12.9. The van der Waals surface area contributed by atoms with Crippen LogP contribution in [0, 0.1) is 6.92 Å². The number of methoxy groups -OCH3 is 2. The van der Waals surface area contributed by atoms with Crippen LogP contribution in [0.4, 0.5) is 11.4 Å². The van der Waals surface area contributed by atoms with Gasteiger partial charge in [-0.25, -0.2) is 8.42 Å². The van der Waals surface area contributed by atoms with Gasteiger partial charge in [0, 0.05) is 12.1 Å². The van der Waals surface area contributed by atoms with Gasteiger partial charge in [0.15, 0.2) is 6.10 Å². The van der Waals surface area contributed by atoms with Crippen molar-refractivity contribution in [3.63, 3.8) is 0 Å². The largest absolute Gasteiger partial charge is 0.495 e. The standard InChI is InChI=1S/C19H21ClN2O6S/c1-11-5-6-15-14(7-11)22(29(4,24)25)10-18(28-15)19(23)21-13-9-16(26-2)12(20)8-17(13)27-3/h5-9,18H,10H2,1-4H3,(H,21,23)/t18-/m0/s1. The van der Waals surface area contributed by atoms with E-state index in [1.54, 1.807) is 18.2 Å². The maximum atomic E-state index is 12.9. The Balaban J connectivity index is 1.92. The lowest BCUT2D eigenvalue weighted by molar-refractivity contribution is -0.122. The van der Waals surface area contributed by atoms with Crippen LogP contribution in [0.1, 0.15) is 5.56 Å². The smallest absolute Gasteiger partial charge is 0.267 e. The molecule has 0 saturated carbocycles. The first-order valence-corrected chi connectivity index (χ1v) is 10.8. The molecule has 29 heavy (non-hydrogen) atoms. The number of nitrogens with one attached hydrogen (secondary N) is 1. The Morgan fingerprint density at radius 2 is 1.90 bits per heavy atom. The van der Waals surface area contributed by atoms with Gasteiger partial charge in [-0.05, 0) is 24.6 Å². The molecular formula is C19H21ClN2O6S. The number of ether oxygens (including phenoxy) is 3. The fourth-order valence-electron chi connectivity index (χ4n) is 2.98. The van der Waals surface area contributed by atoms with Crippen LogP contribution in [0.25, 0.3) is 0 Å². The molecule has 2 aromatic carbocycles. The van der Waals surface area contributed by atoms with E-state index >= 15 is 0 Å². The van der Waals surface area contributed by atoms with E-state index in [0.29, 0.717) is 33.6 Å². The highest BCUT2D eigenvalue weighted by Crippen LogP contribution is 2.38. The van der Waals surface area contributed by atoms with Gasteiger partial charge in [0.1, 0.15) is 17.2 Å². The molecule has 1 amide bonds. The average molecular weight is 441 g/mol. The predicted molar refractivity (Wildman–Crippen MR) is 111 cm³/mol. The average Bonchev–Trinajstić information content (AvgIpc) is 2.67. The predicted octanol–water partition coefficient (Wildman–Crippen LogP) is 2.83. The molecule has 0 unspecified atom stereocenters. The number of nitrogens with zero attached hydrogens (tertiary/aromatic N) is 1. The van der Waals surface area contributed by atoms with Gasteiger partial charge in [0.2, 0.25) is 10.0 Å². The molecule has 2 aromatic rings. The molecule has 3 rings (SSSR count). The summed E-state index contributed by atoms with van der Waals surface area (Å²) in [6.07, 6.45) is 0.0262. The topological polar surface area (TPSA) is 94.2 Å². The molecule has 1 heterocycles. The number of hydrogen-bond donors (Lipinski definition) is 1. The summed E-state index contributed by atoms with van der Waals surface area (Å²) in [4.78, 5) is 12.9. The quantitative estimate of drug-likeness (QED) is 0.768. The van der Waals surface area contributed by atoms with E-state index in [1.807, 2.05) is 6.92 Å². The van der Waals surface area contributed by atoms with Crippen LogP contribution < -0.4 is 23.8 Å². The number of carbonyl (C=O) groups excluding carboxylic acids is 1. The first-order chi connectivity index (χ1) is 13.6. The van der Waals surface area contributed by atoms with Crippen molar-refractivity contribution in [3.05, 3.63) is 40.9 Å². The van der Waals surface area contributed by atoms with Gasteiger partial charge >= 0.3 is 0 Å². The minimum absolute atomic E-state index is 0.159. The zero-order chi connectivity index (χ0) is 21.3. The SMILES string of the molecule is COc1cc(NC(=O)[C@@H]2CN(S(C)(=O)=O)c3cc(C)ccc3O2)c(OC)cc1Cl. The van der Waals surface area contributed by atoms with Crippen molar-refractivity contribution in [1.29, 1.82) is 0 Å². The van der Waals surface area contributed by atoms with Crippen LogP contribution in [0.5, 0.6) is 17.2 Å². The second-order valence-corrected chi connectivity index (χ2v) is 8.86. The van der Waals surface area contributed by atoms with Crippen LogP contribution >= 0.6 is 11.6 Å². The zero-order valence-corrected chi connectivity index (χ0v) is 17.9. The first-order valence-electron chi connectivity index (χ1n) is 8.61. The first kappa shape index (κ1) is 21.1. The Kier molecular flexibility index (Phi) is 5.81. The lowest BCUT2D eigenvalue weighted by Gasteiger charge is -2.34. The van der Waals surface area contributed by atoms with Crippen LogP contribution in [0.15, 0.2) is 30.3 Å². The second-order valence-electron chi connectivity index (χ2n) is 6.55. The zero-order valence-electron chi connectivity index (χ0n) is 16.4. The summed E-state index contributed by atoms with van der Waals surface area (Å²) in [5.74, 6) is 0.461. The molecule has 0 fully saturated rings. The van der Waals surface area contributed by atoms with Crippen molar-refractivity contribution in [2.75, 3.05) is 36.6 Å². The summed E-state index contributed by atoms with van der Waals surface area (Å²) in [7, 11) is -0.723. The van der Waals surface area contributed by atoms with Gasteiger partial charge in [-0.1, -0.05) is 17.7 Å². The fourth-order valence-corrected chi connectivity index (χ4v) is 4.12. The Bertz CT molecular complexity index is 1060. The third kappa shape index (κ3) is 4.35. The molecular weight excluding hydrogens is 420 g/mol. The summed E-state index contributed by atoms with van der Waals surface area (Å²) in [6, 6.07) is 8.17. The van der Waals surface area contributed by atoms with E-state index in [0.717, 1.165) is 11.8 Å². The molecule has 1 aliphatic rings. The Morgan fingerprint density at radius 1 is 1.21 bits per heavy atom. The van der Waals surface area contributed by atoms with Crippen LogP contribution in [-0.4, -0.2) is 47.4 Å². The normalized spacial score (nSPS) is 15.9. The number of amides is 1. The summed E-state index contributed by atoms with van der Waals surface area (Å²) in [5, 5.41) is 3.02. The van der Waals surface area contributed by atoms with E-state index in [-0.39, 0.29) is 6.54 Å². The van der Waals surface area contributed by atoms with E-state index < -0.39 is 22.0 Å². The van der Waals surface area contributed by atoms with Gasteiger partial charge in [-0.15, -0.1) is 0 Å². The molecule has 1 N–H and O–H groups in total. The number of carbonyl (C=O) groups is 1. The molecule has 156 valence electrons. The van der Waals surface area contributed by atoms with Crippen molar-refractivity contribution in [3.8, 4) is 17.2 Å². The van der Waals surface area contributed by atoms with Gasteiger partial charge in [0.25, 0.3) is 5.91 Å². The van der Waals surface area contributed by atoms with Crippen LogP contribution in [0.3, 0.4) is 0 Å². The molecule has 8 nitrogen and oxygen atoms in total. The molecule has 0 aliphatic carbocycles. The summed E-state index contributed by atoms with van der Waals surface area (Å²) >= 11 is 6.09. The highest BCUT2D eigenvalue weighted by Gasteiger charge is 2.35. The molecule has 0 bridgehead atoms. The number of hydrogen-bond acceptors (Lipinski definition) is 6. The Morgan fingerprint density at radius 3 is 2.52 bits per heavy atom. The molecule has 1 atom stereocenters. The highest BCUT2D eigenvalue weighted by molar-refractivity contribution is 7.92. The maximum Gasteiger partial charge on any atom is 0.267 e. The molecule has 0 spiro atoms. The van der Waals surface area contributed by atoms with E-state index in [9.17, 15) is 13.2 Å². The molecule has 0 saturated heterocycles. The van der Waals surface area contributed by atoms with E-state index in [4.69, 9.17) is 25.8 Å². The molecule has 10 heteroatoms. The summed E-state index contributed by atoms with van der Waals surface area (Å²) in [5.41, 5.74) is 1.60. The molecule has 1 aliphatic heterocycles. The van der Waals surface area contributed by atoms with Crippen molar-refractivity contribution >= 4 is 38.9 Å². The number of anilines is 2. The van der Waals surface area contributed by atoms with Crippen molar-refractivity contribution in [1.82, 2.24) is 0 Å². The van der Waals surface area contributed by atoms with Crippen LogP contribution in [-0.2, 0) is 14.8 Å². The minimum Gasteiger partial charge on any atom is -0.495 e. The van der Waals surface area contributed by atoms with Crippen molar-refractivity contribution in [2.45, 2.75) is 13.0 Å². The Labute approximate surface area is 174 Å². The lowest BCUT2D eigenvalue weighted by Crippen LogP contribution is -2.48. The van der Waals surface area contributed by atoms with Gasteiger partial charge in [-0.3, -0.25) is 9.10 Å². The summed E-state index contributed by atoms with van der Waals surface area (Å²) in [6.45, 7) is 1.69. The highest BCUT2D eigenvalue weighted by atomic mass is 35.5. The van der Waals surface area contributed by atoms with Crippen molar-refractivity contribution < 1.29 is 27.4 Å². The molecule has 0 radical (unpaired) electrons. The number of halogens is 1. The van der Waals surface area contributed by atoms with Gasteiger partial charge < -0.3 is 19.5 Å². The van der Waals surface area contributed by atoms with Crippen molar-refractivity contribution in [2.24, 2.45) is 0 Å². The minimum atomic E-state index is -3.61. The number of aryl methyl sites for hydroxylation is 1. The third-order valence-corrected chi connectivity index (χ3v) is 5.85. The fraction of sp³-hybridized carbons (Fsp3) is 0.316. The number of benzene rings is 2. The number of fused-ring (bicyclic) bond motifs is 1. The number of rotatable bonds is 5. The van der Waals surface area contributed by atoms with Crippen LogP contribution in [0.2, 0.25) is 5.02 Å². The van der Waals surface area contributed by atoms with Gasteiger partial charge in [0.05, 0.1) is 43.4 Å².